The van der Waals surface area contributed by atoms with Crippen LogP contribution in [-0.2, 0) is 19.2 Å². The Morgan fingerprint density at radius 2 is 1.88 bits per heavy atom. The Hall–Kier alpha value is -2.22. The van der Waals surface area contributed by atoms with Crippen LogP contribution in [0.5, 0.6) is 0 Å². The molecule has 0 spiro atoms. The fraction of sp³-hybridized carbons (Fsp3) is 0.444. The smallest absolute Gasteiger partial charge is 0.229 e. The van der Waals surface area contributed by atoms with Crippen molar-refractivity contribution in [1.82, 2.24) is 10.2 Å². The number of likely N-dealkylation sites (tertiary alicyclic amines) is 1. The summed E-state index contributed by atoms with van der Waals surface area (Å²) in [4.78, 5) is 50.5. The Morgan fingerprint density at radius 1 is 1.15 bits per heavy atom. The number of nitrogens with one attached hydrogen (secondary N) is 1. The molecule has 1 N–H and O–H groups in total. The van der Waals surface area contributed by atoms with E-state index in [1.165, 1.54) is 4.90 Å². The quantitative estimate of drug-likeness (QED) is 0.556. The van der Waals surface area contributed by atoms with Gasteiger partial charge in [0.1, 0.15) is 0 Å². The van der Waals surface area contributed by atoms with Gasteiger partial charge in [-0.15, -0.1) is 0 Å². The molecule has 8 heteroatoms. The van der Waals surface area contributed by atoms with Crippen molar-refractivity contribution >= 4 is 45.2 Å². The SMILES string of the molecule is O=C(NCCCN1C(=O)CCC1=O)C1CC(=O)N(c2cccc(Br)c2)C1. The van der Waals surface area contributed by atoms with Crippen molar-refractivity contribution in [3.8, 4) is 0 Å². The number of halogens is 1. The Morgan fingerprint density at radius 3 is 2.58 bits per heavy atom. The molecule has 2 aliphatic heterocycles. The maximum Gasteiger partial charge on any atom is 0.229 e. The number of rotatable bonds is 6. The van der Waals surface area contributed by atoms with Gasteiger partial charge < -0.3 is 10.2 Å². The second kappa shape index (κ2) is 7.99. The Bertz CT molecular complexity index is 736. The highest BCUT2D eigenvalue weighted by Gasteiger charge is 2.35. The molecule has 1 atom stereocenters. The number of anilines is 1. The molecular formula is C18H20BrN3O4. The molecule has 138 valence electrons. The van der Waals surface area contributed by atoms with Gasteiger partial charge in [-0.25, -0.2) is 0 Å². The summed E-state index contributed by atoms with van der Waals surface area (Å²) < 4.78 is 0.877. The maximum atomic E-state index is 12.3. The summed E-state index contributed by atoms with van der Waals surface area (Å²) in [6.07, 6.45) is 1.25. The molecule has 0 bridgehead atoms. The van der Waals surface area contributed by atoms with Crippen LogP contribution in [0.1, 0.15) is 25.7 Å². The van der Waals surface area contributed by atoms with Crippen molar-refractivity contribution in [2.45, 2.75) is 25.7 Å². The molecule has 0 radical (unpaired) electrons. The van der Waals surface area contributed by atoms with E-state index in [-0.39, 0.29) is 42.9 Å². The van der Waals surface area contributed by atoms with Crippen LogP contribution in [0, 0.1) is 5.92 Å². The van der Waals surface area contributed by atoms with Gasteiger partial charge in [0.2, 0.25) is 23.6 Å². The van der Waals surface area contributed by atoms with E-state index in [2.05, 4.69) is 21.2 Å². The largest absolute Gasteiger partial charge is 0.356 e. The van der Waals surface area contributed by atoms with E-state index in [0.29, 0.717) is 26.1 Å². The number of carbonyl (C=O) groups excluding carboxylic acids is 4. The molecule has 7 nitrogen and oxygen atoms in total. The van der Waals surface area contributed by atoms with Crippen molar-refractivity contribution in [2.24, 2.45) is 5.92 Å². The van der Waals surface area contributed by atoms with Crippen LogP contribution in [0.4, 0.5) is 5.69 Å². The predicted octanol–water partition coefficient (Wildman–Crippen LogP) is 1.46. The minimum atomic E-state index is -0.392. The molecule has 2 saturated heterocycles. The van der Waals surface area contributed by atoms with Crippen LogP contribution in [0.15, 0.2) is 28.7 Å². The zero-order valence-corrected chi connectivity index (χ0v) is 15.8. The molecule has 4 amide bonds. The van der Waals surface area contributed by atoms with Gasteiger partial charge in [-0.05, 0) is 24.6 Å². The number of imide groups is 1. The predicted molar refractivity (Wildman–Crippen MR) is 98.2 cm³/mol. The lowest BCUT2D eigenvalue weighted by Crippen LogP contribution is -2.36. The van der Waals surface area contributed by atoms with Crippen LogP contribution in [0.25, 0.3) is 0 Å². The highest BCUT2D eigenvalue weighted by atomic mass is 79.9. The van der Waals surface area contributed by atoms with Gasteiger partial charge in [-0.2, -0.15) is 0 Å². The summed E-state index contributed by atoms with van der Waals surface area (Å²) >= 11 is 3.38. The first kappa shape index (κ1) is 18.6. The summed E-state index contributed by atoms with van der Waals surface area (Å²) in [6, 6.07) is 7.42. The first-order valence-corrected chi connectivity index (χ1v) is 9.42. The van der Waals surface area contributed by atoms with E-state index >= 15 is 0 Å². The fourth-order valence-electron chi connectivity index (χ4n) is 3.24. The van der Waals surface area contributed by atoms with E-state index in [0.717, 1.165) is 10.2 Å². The van der Waals surface area contributed by atoms with Gasteiger partial charge in [-0.3, -0.25) is 24.1 Å². The van der Waals surface area contributed by atoms with Gasteiger partial charge in [0.05, 0.1) is 5.92 Å². The van der Waals surface area contributed by atoms with Gasteiger partial charge in [0, 0.05) is 49.1 Å². The van der Waals surface area contributed by atoms with Crippen LogP contribution >= 0.6 is 15.9 Å². The zero-order chi connectivity index (χ0) is 18.7. The second-order valence-corrected chi connectivity index (χ2v) is 7.38. The third-order valence-corrected chi connectivity index (χ3v) is 5.12. The monoisotopic (exact) mass is 421 g/mol. The summed E-state index contributed by atoms with van der Waals surface area (Å²) in [5.74, 6) is -0.928. The van der Waals surface area contributed by atoms with Crippen LogP contribution in [0.3, 0.4) is 0 Å². The van der Waals surface area contributed by atoms with E-state index in [1.807, 2.05) is 24.3 Å². The normalized spacial score (nSPS) is 20.2. The van der Waals surface area contributed by atoms with Gasteiger partial charge in [0.25, 0.3) is 0 Å². The Labute approximate surface area is 159 Å². The van der Waals surface area contributed by atoms with E-state index in [9.17, 15) is 19.2 Å². The summed E-state index contributed by atoms with van der Waals surface area (Å²) in [6.45, 7) is 1.05. The van der Waals surface area contributed by atoms with Gasteiger partial charge in [0.15, 0.2) is 0 Å². The Balaban J connectivity index is 1.46. The van der Waals surface area contributed by atoms with Crippen molar-refractivity contribution in [3.05, 3.63) is 28.7 Å². The highest BCUT2D eigenvalue weighted by molar-refractivity contribution is 9.10. The standard InChI is InChI=1S/C18H20BrN3O4/c19-13-3-1-4-14(10-13)22-11-12(9-17(22)25)18(26)20-7-2-8-21-15(23)5-6-16(21)24/h1,3-4,10,12H,2,5-9,11H2,(H,20,26). The number of hydrogen-bond donors (Lipinski definition) is 1. The van der Waals surface area contributed by atoms with Gasteiger partial charge >= 0.3 is 0 Å². The van der Waals surface area contributed by atoms with Gasteiger partial charge in [-0.1, -0.05) is 22.0 Å². The molecule has 1 aromatic carbocycles. The van der Waals surface area contributed by atoms with Crippen LogP contribution < -0.4 is 10.2 Å². The summed E-state index contributed by atoms with van der Waals surface area (Å²) in [5.41, 5.74) is 0.769. The number of nitrogens with zero attached hydrogens (tertiary/aromatic N) is 2. The topological polar surface area (TPSA) is 86.8 Å². The van der Waals surface area contributed by atoms with Crippen molar-refractivity contribution < 1.29 is 19.2 Å². The molecule has 2 heterocycles. The third-order valence-electron chi connectivity index (χ3n) is 4.63. The van der Waals surface area contributed by atoms with Crippen molar-refractivity contribution in [3.63, 3.8) is 0 Å². The average molecular weight is 422 g/mol. The number of hydrogen-bond acceptors (Lipinski definition) is 4. The van der Waals surface area contributed by atoms with E-state index < -0.39 is 5.92 Å². The maximum absolute atomic E-state index is 12.3. The van der Waals surface area contributed by atoms with Crippen molar-refractivity contribution in [1.29, 1.82) is 0 Å². The zero-order valence-electron chi connectivity index (χ0n) is 14.2. The molecule has 0 aromatic heterocycles. The first-order valence-electron chi connectivity index (χ1n) is 8.62. The minimum absolute atomic E-state index is 0.0727. The molecule has 1 unspecified atom stereocenters. The molecular weight excluding hydrogens is 402 g/mol. The van der Waals surface area contributed by atoms with Crippen LogP contribution in [-0.4, -0.2) is 48.2 Å². The molecule has 2 aliphatic rings. The van der Waals surface area contributed by atoms with Crippen molar-refractivity contribution in [2.75, 3.05) is 24.5 Å². The number of benzene rings is 1. The third kappa shape index (κ3) is 4.12. The highest BCUT2D eigenvalue weighted by Crippen LogP contribution is 2.27. The molecule has 0 saturated carbocycles. The Kier molecular flexibility index (Phi) is 5.70. The first-order chi connectivity index (χ1) is 12.5. The molecule has 26 heavy (non-hydrogen) atoms. The molecule has 3 rings (SSSR count). The number of carbonyl (C=O) groups is 4. The fourth-order valence-corrected chi connectivity index (χ4v) is 3.63. The number of amides is 4. The van der Waals surface area contributed by atoms with E-state index in [1.54, 1.807) is 4.90 Å². The second-order valence-electron chi connectivity index (χ2n) is 6.47. The minimum Gasteiger partial charge on any atom is -0.356 e. The summed E-state index contributed by atoms with van der Waals surface area (Å²) in [5, 5.41) is 2.81. The lowest BCUT2D eigenvalue weighted by molar-refractivity contribution is -0.138. The lowest BCUT2D eigenvalue weighted by atomic mass is 10.1. The molecule has 1 aromatic rings. The van der Waals surface area contributed by atoms with Crippen LogP contribution in [0.2, 0.25) is 0 Å². The average Bonchev–Trinajstić information content (AvgIpc) is 3.15. The lowest BCUT2D eigenvalue weighted by Gasteiger charge is -2.17. The summed E-state index contributed by atoms with van der Waals surface area (Å²) in [7, 11) is 0. The van der Waals surface area contributed by atoms with E-state index in [4.69, 9.17) is 0 Å². The molecule has 2 fully saturated rings. The molecule has 0 aliphatic carbocycles.